The molecular weight excluding hydrogens is 240 g/mol. The van der Waals surface area contributed by atoms with E-state index < -0.39 is 0 Å². The molecule has 0 aliphatic rings. The fourth-order valence-corrected chi connectivity index (χ4v) is 1.82. The Hall–Kier alpha value is -1.36. The van der Waals surface area contributed by atoms with Crippen LogP contribution >= 0.6 is 0 Å². The summed E-state index contributed by atoms with van der Waals surface area (Å²) in [4.78, 5) is 8.65. The highest BCUT2D eigenvalue weighted by Gasteiger charge is 2.08. The van der Waals surface area contributed by atoms with E-state index in [1.807, 2.05) is 6.92 Å². The molecule has 5 nitrogen and oxygen atoms in total. The average Bonchev–Trinajstić information content (AvgIpc) is 2.44. The Labute approximate surface area is 116 Å². The van der Waals surface area contributed by atoms with Gasteiger partial charge in [-0.2, -0.15) is 0 Å². The molecule has 108 valence electrons. The quantitative estimate of drug-likeness (QED) is 0.638. The van der Waals surface area contributed by atoms with Crippen LogP contribution in [-0.4, -0.2) is 36.3 Å². The lowest BCUT2D eigenvalue weighted by Crippen LogP contribution is -2.12. The number of hydrogen-bond acceptors (Lipinski definition) is 5. The van der Waals surface area contributed by atoms with Crippen molar-refractivity contribution in [2.45, 2.75) is 40.0 Å². The zero-order valence-corrected chi connectivity index (χ0v) is 12.3. The molecule has 5 heteroatoms. The van der Waals surface area contributed by atoms with E-state index in [1.165, 1.54) is 0 Å². The Morgan fingerprint density at radius 3 is 2.32 bits per heavy atom. The standard InChI is InChI=1S/C14H26N4O/c1-4-8-15-13-12(5-2)14(18-11-17-13)16-9-7-10-19-6-3/h11H,4-10H2,1-3H3,(H2,15,16,17,18). The van der Waals surface area contributed by atoms with Gasteiger partial charge in [0.05, 0.1) is 0 Å². The van der Waals surface area contributed by atoms with Crippen molar-refractivity contribution in [3.8, 4) is 0 Å². The molecule has 0 aliphatic carbocycles. The third-order valence-corrected chi connectivity index (χ3v) is 2.80. The molecule has 0 saturated heterocycles. The van der Waals surface area contributed by atoms with E-state index in [4.69, 9.17) is 4.74 Å². The second-order valence-corrected chi connectivity index (χ2v) is 4.31. The van der Waals surface area contributed by atoms with Crippen molar-refractivity contribution in [3.05, 3.63) is 11.9 Å². The first-order valence-corrected chi connectivity index (χ1v) is 7.22. The molecule has 0 aliphatic heterocycles. The second-order valence-electron chi connectivity index (χ2n) is 4.31. The maximum Gasteiger partial charge on any atom is 0.134 e. The van der Waals surface area contributed by atoms with Crippen molar-refractivity contribution in [1.82, 2.24) is 9.97 Å². The molecule has 0 spiro atoms. The van der Waals surface area contributed by atoms with Crippen molar-refractivity contribution in [2.75, 3.05) is 36.9 Å². The number of rotatable bonds is 10. The molecule has 1 aromatic rings. The Bertz CT molecular complexity index is 357. The van der Waals surface area contributed by atoms with Crippen molar-refractivity contribution in [3.63, 3.8) is 0 Å². The largest absolute Gasteiger partial charge is 0.382 e. The molecule has 0 fully saturated rings. The minimum absolute atomic E-state index is 0.777. The molecule has 0 aromatic carbocycles. The van der Waals surface area contributed by atoms with Gasteiger partial charge in [-0.3, -0.25) is 0 Å². The van der Waals surface area contributed by atoms with Gasteiger partial charge in [-0.15, -0.1) is 0 Å². The lowest BCUT2D eigenvalue weighted by Gasteiger charge is -2.14. The third-order valence-electron chi connectivity index (χ3n) is 2.80. The van der Waals surface area contributed by atoms with Crippen LogP contribution in [0.15, 0.2) is 6.33 Å². The van der Waals surface area contributed by atoms with E-state index in [1.54, 1.807) is 6.33 Å². The van der Waals surface area contributed by atoms with E-state index in [2.05, 4.69) is 34.4 Å². The summed E-state index contributed by atoms with van der Waals surface area (Å²) in [5.74, 6) is 1.89. The number of nitrogens with one attached hydrogen (secondary N) is 2. The van der Waals surface area contributed by atoms with Crippen LogP contribution in [-0.2, 0) is 11.2 Å². The normalized spacial score (nSPS) is 10.5. The van der Waals surface area contributed by atoms with Crippen LogP contribution in [0.25, 0.3) is 0 Å². The lowest BCUT2D eigenvalue weighted by atomic mass is 10.2. The van der Waals surface area contributed by atoms with Gasteiger partial charge >= 0.3 is 0 Å². The Morgan fingerprint density at radius 1 is 1.05 bits per heavy atom. The Balaban J connectivity index is 2.56. The fraction of sp³-hybridized carbons (Fsp3) is 0.714. The van der Waals surface area contributed by atoms with Crippen LogP contribution in [0.1, 0.15) is 39.2 Å². The van der Waals surface area contributed by atoms with Gasteiger partial charge in [-0.1, -0.05) is 13.8 Å². The third kappa shape index (κ3) is 5.42. The Morgan fingerprint density at radius 2 is 1.74 bits per heavy atom. The topological polar surface area (TPSA) is 59.1 Å². The summed E-state index contributed by atoms with van der Waals surface area (Å²) in [6, 6.07) is 0. The summed E-state index contributed by atoms with van der Waals surface area (Å²) in [7, 11) is 0. The number of anilines is 2. The first-order valence-electron chi connectivity index (χ1n) is 7.22. The Kier molecular flexibility index (Phi) is 7.89. The summed E-state index contributed by atoms with van der Waals surface area (Å²) in [5, 5.41) is 6.72. The predicted octanol–water partition coefficient (Wildman–Crippen LogP) is 2.70. The summed E-state index contributed by atoms with van der Waals surface area (Å²) in [6.07, 6.45) is 4.60. The van der Waals surface area contributed by atoms with Crippen LogP contribution in [0.3, 0.4) is 0 Å². The average molecular weight is 266 g/mol. The van der Waals surface area contributed by atoms with Crippen LogP contribution in [0.5, 0.6) is 0 Å². The number of hydrogen-bond donors (Lipinski definition) is 2. The smallest absolute Gasteiger partial charge is 0.134 e. The van der Waals surface area contributed by atoms with Crippen LogP contribution in [0.4, 0.5) is 11.6 Å². The molecule has 1 heterocycles. The molecular formula is C14H26N4O. The van der Waals surface area contributed by atoms with Gasteiger partial charge in [0.2, 0.25) is 0 Å². The molecule has 0 amide bonds. The molecule has 0 atom stereocenters. The van der Waals surface area contributed by atoms with Crippen LogP contribution in [0.2, 0.25) is 0 Å². The lowest BCUT2D eigenvalue weighted by molar-refractivity contribution is 0.147. The fourth-order valence-electron chi connectivity index (χ4n) is 1.82. The highest BCUT2D eigenvalue weighted by molar-refractivity contribution is 5.57. The van der Waals surface area contributed by atoms with Gasteiger partial charge in [0.1, 0.15) is 18.0 Å². The van der Waals surface area contributed by atoms with Crippen molar-refractivity contribution < 1.29 is 4.74 Å². The van der Waals surface area contributed by atoms with Gasteiger partial charge in [0.25, 0.3) is 0 Å². The summed E-state index contributed by atoms with van der Waals surface area (Å²) < 4.78 is 5.32. The van der Waals surface area contributed by atoms with Crippen LogP contribution < -0.4 is 10.6 Å². The second kappa shape index (κ2) is 9.55. The minimum atomic E-state index is 0.777. The molecule has 19 heavy (non-hydrogen) atoms. The summed E-state index contributed by atoms with van der Waals surface area (Å²) in [6.45, 7) is 9.66. The van der Waals surface area contributed by atoms with Gasteiger partial charge in [-0.25, -0.2) is 9.97 Å². The highest BCUT2D eigenvalue weighted by atomic mass is 16.5. The van der Waals surface area contributed by atoms with Gasteiger partial charge in [0, 0.05) is 31.9 Å². The van der Waals surface area contributed by atoms with Crippen molar-refractivity contribution in [1.29, 1.82) is 0 Å². The SMILES string of the molecule is CCCNc1ncnc(NCCCOCC)c1CC. The first-order chi connectivity index (χ1) is 9.33. The number of nitrogens with zero attached hydrogens (tertiary/aromatic N) is 2. The number of ether oxygens (including phenoxy) is 1. The number of aromatic nitrogens is 2. The molecule has 0 radical (unpaired) electrons. The van der Waals surface area contributed by atoms with E-state index in [0.717, 1.165) is 62.8 Å². The van der Waals surface area contributed by atoms with E-state index in [9.17, 15) is 0 Å². The maximum atomic E-state index is 5.32. The molecule has 1 rings (SSSR count). The molecule has 2 N–H and O–H groups in total. The summed E-state index contributed by atoms with van der Waals surface area (Å²) in [5.41, 5.74) is 1.16. The zero-order valence-electron chi connectivity index (χ0n) is 12.3. The predicted molar refractivity (Wildman–Crippen MR) is 79.8 cm³/mol. The highest BCUT2D eigenvalue weighted by Crippen LogP contribution is 2.20. The molecule has 0 unspecified atom stereocenters. The van der Waals surface area contributed by atoms with Gasteiger partial charge in [0.15, 0.2) is 0 Å². The molecule has 0 saturated carbocycles. The van der Waals surface area contributed by atoms with Gasteiger partial charge in [-0.05, 0) is 26.2 Å². The molecule has 0 bridgehead atoms. The van der Waals surface area contributed by atoms with E-state index in [-0.39, 0.29) is 0 Å². The maximum absolute atomic E-state index is 5.32. The minimum Gasteiger partial charge on any atom is -0.382 e. The first kappa shape index (κ1) is 15.7. The van der Waals surface area contributed by atoms with Gasteiger partial charge < -0.3 is 15.4 Å². The monoisotopic (exact) mass is 266 g/mol. The zero-order chi connectivity index (χ0) is 13.9. The van der Waals surface area contributed by atoms with E-state index in [0.29, 0.717) is 0 Å². The van der Waals surface area contributed by atoms with Crippen LogP contribution in [0, 0.1) is 0 Å². The van der Waals surface area contributed by atoms with E-state index >= 15 is 0 Å². The van der Waals surface area contributed by atoms with Crippen molar-refractivity contribution in [2.24, 2.45) is 0 Å². The molecule has 1 aromatic heterocycles. The van der Waals surface area contributed by atoms with Crippen molar-refractivity contribution >= 4 is 11.6 Å². The summed E-state index contributed by atoms with van der Waals surface area (Å²) >= 11 is 0.